The summed E-state index contributed by atoms with van der Waals surface area (Å²) in [5.41, 5.74) is -1.55. The van der Waals surface area contributed by atoms with Gasteiger partial charge in [-0.25, -0.2) is 0 Å². The number of nitrogens with zero attached hydrogens (tertiary/aromatic N) is 2. The second-order valence-corrected chi connectivity index (χ2v) is 4.91. The highest BCUT2D eigenvalue weighted by Crippen LogP contribution is 2.76. The molecule has 5 nitrogen and oxygen atoms in total. The number of carbonyl (C=O) groups excluding carboxylic acids is 2. The second-order valence-electron chi connectivity index (χ2n) is 4.91. The average Bonchev–Trinajstić information content (AvgIpc) is 2.96. The van der Waals surface area contributed by atoms with Crippen molar-refractivity contribution in [3.05, 3.63) is 35.4 Å². The van der Waals surface area contributed by atoms with Crippen LogP contribution < -0.4 is 5.32 Å². The average molecular weight is 251 g/mol. The van der Waals surface area contributed by atoms with Crippen LogP contribution in [-0.2, 0) is 9.59 Å². The van der Waals surface area contributed by atoms with Crippen LogP contribution in [0.4, 0.5) is 0 Å². The van der Waals surface area contributed by atoms with Gasteiger partial charge in [0.1, 0.15) is 0 Å². The van der Waals surface area contributed by atoms with Crippen molar-refractivity contribution in [2.24, 2.45) is 10.8 Å². The standard InChI is InChI=1S/C14H9N3O2/c1-8-4-2-3-5-9(8)10-13(6-15)11(18)17-12(19)14(10,13)7-16/h2-5,10H,1H3,(H,17,18,19)/t10?,13-,14+. The van der Waals surface area contributed by atoms with Crippen LogP contribution in [0.3, 0.4) is 0 Å². The zero-order valence-electron chi connectivity index (χ0n) is 10.1. The highest BCUT2D eigenvalue weighted by atomic mass is 16.2. The van der Waals surface area contributed by atoms with E-state index in [-0.39, 0.29) is 0 Å². The maximum atomic E-state index is 11.9. The molecule has 2 fully saturated rings. The SMILES string of the molecule is Cc1ccccc1C1[C@]2(C#N)C(=O)NC(=O)[C@]12C#N. The molecule has 1 N–H and O–H groups in total. The van der Waals surface area contributed by atoms with E-state index in [0.717, 1.165) is 5.56 Å². The number of nitrogens with one attached hydrogen (secondary N) is 1. The quantitative estimate of drug-likeness (QED) is 0.746. The van der Waals surface area contributed by atoms with Crippen molar-refractivity contribution in [1.82, 2.24) is 5.32 Å². The van der Waals surface area contributed by atoms with E-state index in [9.17, 15) is 20.1 Å². The first-order valence-corrected chi connectivity index (χ1v) is 5.80. The van der Waals surface area contributed by atoms with Gasteiger partial charge in [-0.3, -0.25) is 14.9 Å². The molecule has 0 spiro atoms. The minimum absolute atomic E-state index is 0.658. The molecule has 5 heteroatoms. The number of imide groups is 1. The third kappa shape index (κ3) is 0.959. The molecule has 1 saturated heterocycles. The van der Waals surface area contributed by atoms with E-state index in [2.05, 4.69) is 5.32 Å². The molecular weight excluding hydrogens is 242 g/mol. The lowest BCUT2D eigenvalue weighted by Crippen LogP contribution is -2.31. The summed E-state index contributed by atoms with van der Waals surface area (Å²) in [4.78, 5) is 23.9. The Kier molecular flexibility index (Phi) is 1.93. The second kappa shape index (κ2) is 3.21. The first-order valence-electron chi connectivity index (χ1n) is 5.80. The zero-order chi connectivity index (χ0) is 13.8. The Morgan fingerprint density at radius 1 is 1.11 bits per heavy atom. The summed E-state index contributed by atoms with van der Waals surface area (Å²) < 4.78 is 0. The molecule has 0 aromatic heterocycles. The van der Waals surface area contributed by atoms with E-state index in [1.54, 1.807) is 12.1 Å². The van der Waals surface area contributed by atoms with Crippen LogP contribution in [0.5, 0.6) is 0 Å². The number of fused-ring (bicyclic) bond motifs is 1. The van der Waals surface area contributed by atoms with Crippen LogP contribution >= 0.6 is 0 Å². The molecule has 0 bridgehead atoms. The van der Waals surface area contributed by atoms with Crippen LogP contribution in [0, 0.1) is 40.4 Å². The van der Waals surface area contributed by atoms with E-state index >= 15 is 0 Å². The molecule has 1 aromatic carbocycles. The molecule has 3 rings (SSSR count). The molecular formula is C14H9N3O2. The number of nitriles is 2. The van der Waals surface area contributed by atoms with Gasteiger partial charge in [-0.1, -0.05) is 24.3 Å². The normalized spacial score (nSPS) is 35.0. The Bertz CT molecular complexity index is 674. The lowest BCUT2D eigenvalue weighted by Gasteiger charge is -2.09. The molecule has 1 aliphatic heterocycles. The summed E-state index contributed by atoms with van der Waals surface area (Å²) in [6, 6.07) is 11.0. The van der Waals surface area contributed by atoms with Crippen molar-refractivity contribution in [3.63, 3.8) is 0 Å². The predicted molar refractivity (Wildman–Crippen MR) is 63.2 cm³/mol. The number of carbonyl (C=O) groups is 2. The van der Waals surface area contributed by atoms with Crippen LogP contribution in [0.2, 0.25) is 0 Å². The maximum absolute atomic E-state index is 11.9. The summed E-state index contributed by atoms with van der Waals surface area (Å²) in [6.07, 6.45) is 0. The fourth-order valence-corrected chi connectivity index (χ4v) is 3.18. The first-order chi connectivity index (χ1) is 9.06. The van der Waals surface area contributed by atoms with E-state index < -0.39 is 28.6 Å². The highest BCUT2D eigenvalue weighted by Gasteiger charge is 2.90. The van der Waals surface area contributed by atoms with Crippen LogP contribution in [0.15, 0.2) is 24.3 Å². The molecule has 1 aliphatic carbocycles. The lowest BCUT2D eigenvalue weighted by molar-refractivity contribution is -0.128. The smallest absolute Gasteiger partial charge is 0.250 e. The number of aryl methyl sites for hydroxylation is 1. The number of benzene rings is 1. The summed E-state index contributed by atoms with van der Waals surface area (Å²) in [5.74, 6) is -1.98. The third-order valence-electron chi connectivity index (χ3n) is 4.20. The zero-order valence-corrected chi connectivity index (χ0v) is 10.1. The Balaban J connectivity index is 2.25. The van der Waals surface area contributed by atoms with Gasteiger partial charge < -0.3 is 0 Å². The Labute approximate surface area is 109 Å². The largest absolute Gasteiger partial charge is 0.293 e. The minimum atomic E-state index is -1.56. The van der Waals surface area contributed by atoms with Crippen LogP contribution in [0.1, 0.15) is 17.0 Å². The molecule has 19 heavy (non-hydrogen) atoms. The van der Waals surface area contributed by atoms with Gasteiger partial charge in [-0.15, -0.1) is 0 Å². The van der Waals surface area contributed by atoms with Gasteiger partial charge in [-0.2, -0.15) is 10.5 Å². The Hall–Kier alpha value is -2.66. The van der Waals surface area contributed by atoms with E-state index in [1.807, 2.05) is 31.2 Å². The molecule has 2 amide bonds. The van der Waals surface area contributed by atoms with Gasteiger partial charge in [0.05, 0.1) is 12.1 Å². The first kappa shape index (κ1) is 11.4. The molecule has 1 saturated carbocycles. The topological polar surface area (TPSA) is 93.8 Å². The van der Waals surface area contributed by atoms with Gasteiger partial charge >= 0.3 is 0 Å². The van der Waals surface area contributed by atoms with Crippen molar-refractivity contribution in [2.45, 2.75) is 12.8 Å². The maximum Gasteiger partial charge on any atom is 0.250 e. The third-order valence-corrected chi connectivity index (χ3v) is 4.20. The van der Waals surface area contributed by atoms with Crippen LogP contribution in [-0.4, -0.2) is 11.8 Å². The molecule has 1 heterocycles. The minimum Gasteiger partial charge on any atom is -0.293 e. The van der Waals surface area contributed by atoms with Crippen molar-refractivity contribution < 1.29 is 9.59 Å². The summed E-state index contributed by atoms with van der Waals surface area (Å²) in [6.45, 7) is 1.84. The molecule has 3 atom stereocenters. The number of hydrogen-bond acceptors (Lipinski definition) is 4. The Morgan fingerprint density at radius 2 is 1.63 bits per heavy atom. The Morgan fingerprint density at radius 3 is 2.11 bits per heavy atom. The summed E-state index contributed by atoms with van der Waals surface area (Å²) in [7, 11) is 0. The van der Waals surface area contributed by atoms with E-state index in [0.29, 0.717) is 5.56 Å². The summed E-state index contributed by atoms with van der Waals surface area (Å²) in [5, 5.41) is 20.8. The molecule has 0 radical (unpaired) electrons. The molecule has 1 aromatic rings. The van der Waals surface area contributed by atoms with E-state index in [4.69, 9.17) is 0 Å². The monoisotopic (exact) mass is 251 g/mol. The fourth-order valence-electron chi connectivity index (χ4n) is 3.18. The lowest BCUT2D eigenvalue weighted by atomic mass is 9.96. The van der Waals surface area contributed by atoms with Crippen molar-refractivity contribution >= 4 is 11.8 Å². The fraction of sp³-hybridized carbons (Fsp3) is 0.286. The molecule has 92 valence electrons. The number of rotatable bonds is 1. The summed E-state index contributed by atoms with van der Waals surface area (Å²) >= 11 is 0. The van der Waals surface area contributed by atoms with Crippen molar-refractivity contribution in [1.29, 1.82) is 10.5 Å². The number of amides is 2. The molecule has 1 unspecified atom stereocenters. The van der Waals surface area contributed by atoms with Gasteiger partial charge in [0.25, 0.3) is 0 Å². The molecule has 2 aliphatic rings. The van der Waals surface area contributed by atoms with Crippen molar-refractivity contribution in [2.75, 3.05) is 0 Å². The van der Waals surface area contributed by atoms with Gasteiger partial charge in [0.2, 0.25) is 11.8 Å². The number of piperidine rings is 1. The van der Waals surface area contributed by atoms with Gasteiger partial charge in [0, 0.05) is 5.92 Å². The van der Waals surface area contributed by atoms with Gasteiger partial charge in [0.15, 0.2) is 10.8 Å². The predicted octanol–water partition coefficient (Wildman–Crippen LogP) is 0.769. The van der Waals surface area contributed by atoms with E-state index in [1.165, 1.54) is 0 Å². The van der Waals surface area contributed by atoms with Gasteiger partial charge in [-0.05, 0) is 18.1 Å². The van der Waals surface area contributed by atoms with Crippen LogP contribution in [0.25, 0.3) is 0 Å². The number of hydrogen-bond donors (Lipinski definition) is 1. The van der Waals surface area contributed by atoms with Crippen molar-refractivity contribution in [3.8, 4) is 12.1 Å². The highest BCUT2D eigenvalue weighted by molar-refractivity contribution is 6.19.